The number of morpholine rings is 1. The first-order chi connectivity index (χ1) is 28.6. The molecule has 2 saturated carbocycles. The molecule has 3 aliphatic heterocycles. The molecule has 5 aliphatic rings. The Bertz CT molecular complexity index is 2170. The molecule has 1 aromatic carbocycles. The maximum Gasteiger partial charge on any atom is 0.408 e. The third kappa shape index (κ3) is 9.16. The van der Waals surface area contributed by atoms with Crippen molar-refractivity contribution in [3.63, 3.8) is 0 Å². The molecular formula is C43H58F2N6O9S. The lowest BCUT2D eigenvalue weighted by molar-refractivity contribution is -0.152. The summed E-state index contributed by atoms with van der Waals surface area (Å²) in [4.78, 5) is 65.1. The van der Waals surface area contributed by atoms with Crippen LogP contribution >= 0.6 is 0 Å². The lowest BCUT2D eigenvalue weighted by Gasteiger charge is -2.35. The molecule has 4 heterocycles. The maximum atomic E-state index is 14.9. The van der Waals surface area contributed by atoms with E-state index in [4.69, 9.17) is 19.2 Å². The zero-order valence-corrected chi connectivity index (χ0v) is 36.5. The number of carbonyl (C=O) groups is 4. The predicted octanol–water partition coefficient (Wildman–Crippen LogP) is 4.83. The summed E-state index contributed by atoms with van der Waals surface area (Å²) in [6, 6.07) is 5.05. The number of alkyl carbamates (subject to hydrolysis) is 1. The molecule has 3 N–H and O–H groups in total. The molecule has 2 aromatic rings. The number of allylic oxidation sites excluding steroid dienone is 1. The molecule has 4 amide bonds. The Morgan fingerprint density at radius 2 is 1.74 bits per heavy atom. The first-order valence-electron chi connectivity index (χ1n) is 21.2. The number of nitrogens with zero attached hydrogens (tertiary/aromatic N) is 3. The van der Waals surface area contributed by atoms with E-state index in [9.17, 15) is 36.4 Å². The van der Waals surface area contributed by atoms with Gasteiger partial charge in [0.2, 0.25) is 27.7 Å². The van der Waals surface area contributed by atoms with Crippen LogP contribution in [0.4, 0.5) is 19.3 Å². The van der Waals surface area contributed by atoms with E-state index in [1.165, 1.54) is 4.90 Å². The second-order valence-corrected chi connectivity index (χ2v) is 20.7. The fourth-order valence-corrected chi connectivity index (χ4v) is 9.85. The number of amides is 4. The van der Waals surface area contributed by atoms with Gasteiger partial charge in [-0.2, -0.15) is 0 Å². The lowest BCUT2D eigenvalue weighted by Crippen LogP contribution is -2.59. The van der Waals surface area contributed by atoms with E-state index in [-0.39, 0.29) is 31.2 Å². The second-order valence-electron chi connectivity index (χ2n) is 18.5. The molecule has 15 nitrogen and oxygen atoms in total. The Morgan fingerprint density at radius 1 is 1.05 bits per heavy atom. The minimum absolute atomic E-state index is 0.0241. The van der Waals surface area contributed by atoms with Crippen LogP contribution in [-0.2, 0) is 33.9 Å². The zero-order valence-electron chi connectivity index (χ0n) is 35.7. The highest BCUT2D eigenvalue weighted by Gasteiger charge is 2.63. The number of carbonyl (C=O) groups excluding carboxylic acids is 4. The normalized spacial score (nSPS) is 30.2. The standard InChI is InChI=1S/C43H58F2N6O9S/c1-26-11-7-8-12-28-23-43(28,38(54)49-61(56,57)41(5)15-16-41)48-35(52)32-22-29(59-36-31-14-10-9-13-30(31)33(24-46-36)50-17-19-58-20-18-50)25-51(32)37(53)34(27(2)21-26)47-39(55)60-40(3,4)42(6,44)45/h8-10,12-14,24,26-29,32,34H,7,11,15-23,25H2,1-6H3,(H,47,55)(H,48,52)(H,49,54)/b12-8-/t26-,27-,28-,29-,32+,34+,43-/m1/s1. The summed E-state index contributed by atoms with van der Waals surface area (Å²) >= 11 is 0. The number of benzene rings is 1. The molecule has 2 aliphatic carbocycles. The van der Waals surface area contributed by atoms with Crippen LogP contribution in [0.15, 0.2) is 42.6 Å². The average Bonchev–Trinajstić information content (AvgIpc) is 4.08. The van der Waals surface area contributed by atoms with Gasteiger partial charge in [0, 0.05) is 43.1 Å². The van der Waals surface area contributed by atoms with Gasteiger partial charge in [-0.25, -0.2) is 27.0 Å². The van der Waals surface area contributed by atoms with E-state index in [2.05, 4.69) is 20.3 Å². The molecule has 7 rings (SSSR count). The summed E-state index contributed by atoms with van der Waals surface area (Å²) in [6.07, 6.45) is 6.01. The SMILES string of the molecule is C[C@@H]1CC/C=C\[C@@H]2C[C@@]2(C(=O)NS(=O)(=O)C2(C)CC2)NC(=O)[C@@H]2C[C@@H](Oc3ncc(N4CCOCC4)c4ccccc34)CN2C(=O)[C@@H](NC(=O)OC(C)(C)C(C)(F)F)[C@H](C)C1. The first kappa shape index (κ1) is 44.5. The lowest BCUT2D eigenvalue weighted by atomic mass is 9.88. The van der Waals surface area contributed by atoms with E-state index in [1.54, 1.807) is 20.0 Å². The van der Waals surface area contributed by atoms with Gasteiger partial charge in [0.1, 0.15) is 23.7 Å². The van der Waals surface area contributed by atoms with Crippen molar-refractivity contribution in [3.8, 4) is 5.88 Å². The Labute approximate surface area is 355 Å². The zero-order chi connectivity index (χ0) is 44.1. The van der Waals surface area contributed by atoms with Crippen LogP contribution in [0.25, 0.3) is 10.8 Å². The molecule has 4 fully saturated rings. The number of sulfonamides is 1. The van der Waals surface area contributed by atoms with Gasteiger partial charge >= 0.3 is 6.09 Å². The summed E-state index contributed by atoms with van der Waals surface area (Å²) in [6.45, 7) is 10.5. The van der Waals surface area contributed by atoms with Gasteiger partial charge in [-0.15, -0.1) is 0 Å². The third-order valence-corrected chi connectivity index (χ3v) is 15.5. The smallest absolute Gasteiger partial charge is 0.408 e. The van der Waals surface area contributed by atoms with Gasteiger partial charge in [0.05, 0.1) is 36.4 Å². The minimum atomic E-state index is -4.06. The predicted molar refractivity (Wildman–Crippen MR) is 222 cm³/mol. The molecule has 1 aromatic heterocycles. The van der Waals surface area contributed by atoms with E-state index in [1.807, 2.05) is 43.3 Å². The molecular weight excluding hydrogens is 815 g/mol. The van der Waals surface area contributed by atoms with Crippen LogP contribution in [0, 0.1) is 17.8 Å². The fraction of sp³-hybridized carbons (Fsp3) is 0.651. The molecule has 0 unspecified atom stereocenters. The van der Waals surface area contributed by atoms with Crippen molar-refractivity contribution in [1.82, 2.24) is 25.2 Å². The summed E-state index contributed by atoms with van der Waals surface area (Å²) in [7, 11) is -4.06. The molecule has 0 radical (unpaired) electrons. The van der Waals surface area contributed by atoms with Crippen molar-refractivity contribution < 1.29 is 50.6 Å². The van der Waals surface area contributed by atoms with E-state index in [0.29, 0.717) is 70.7 Å². The van der Waals surface area contributed by atoms with E-state index < -0.39 is 85.7 Å². The van der Waals surface area contributed by atoms with Gasteiger partial charge in [-0.1, -0.05) is 44.2 Å². The first-order valence-corrected chi connectivity index (χ1v) is 22.7. The van der Waals surface area contributed by atoms with Crippen LogP contribution in [-0.4, -0.2) is 115 Å². The molecule has 18 heteroatoms. The average molecular weight is 873 g/mol. The highest BCUT2D eigenvalue weighted by Crippen LogP contribution is 2.48. The highest BCUT2D eigenvalue weighted by molar-refractivity contribution is 7.91. The van der Waals surface area contributed by atoms with E-state index >= 15 is 0 Å². The topological polar surface area (TPSA) is 186 Å². The Morgan fingerprint density at radius 3 is 2.41 bits per heavy atom. The summed E-state index contributed by atoms with van der Waals surface area (Å²) in [5, 5.41) is 7.03. The molecule has 61 heavy (non-hydrogen) atoms. The number of nitrogens with one attached hydrogen (secondary N) is 3. The van der Waals surface area contributed by atoms with Crippen LogP contribution in [0.5, 0.6) is 5.88 Å². The van der Waals surface area contributed by atoms with Crippen molar-refractivity contribution in [2.45, 2.75) is 126 Å². The molecule has 2 saturated heterocycles. The number of rotatable bonds is 9. The number of aromatic nitrogens is 1. The summed E-state index contributed by atoms with van der Waals surface area (Å²) in [5.74, 6) is -6.42. The van der Waals surface area contributed by atoms with Crippen molar-refractivity contribution in [2.24, 2.45) is 17.8 Å². The number of hydrogen-bond donors (Lipinski definition) is 3. The van der Waals surface area contributed by atoms with Gasteiger partial charge in [0.25, 0.3) is 11.8 Å². The van der Waals surface area contributed by atoms with Crippen LogP contribution in [0.3, 0.4) is 0 Å². The van der Waals surface area contributed by atoms with Crippen molar-refractivity contribution >= 4 is 50.3 Å². The van der Waals surface area contributed by atoms with Gasteiger partial charge < -0.3 is 34.6 Å². The van der Waals surface area contributed by atoms with Crippen LogP contribution < -0.4 is 25.0 Å². The fourth-order valence-electron chi connectivity index (χ4n) is 8.53. The largest absolute Gasteiger partial charge is 0.472 e. The minimum Gasteiger partial charge on any atom is -0.472 e. The highest BCUT2D eigenvalue weighted by atomic mass is 32.2. The summed E-state index contributed by atoms with van der Waals surface area (Å²) < 4.78 is 73.9. The maximum absolute atomic E-state index is 14.9. The Kier molecular flexibility index (Phi) is 12.1. The Hall–Kier alpha value is -4.58. The van der Waals surface area contributed by atoms with Gasteiger partial charge in [-0.05, 0) is 77.2 Å². The van der Waals surface area contributed by atoms with Crippen molar-refractivity contribution in [2.75, 3.05) is 37.7 Å². The molecule has 0 bridgehead atoms. The van der Waals surface area contributed by atoms with E-state index in [0.717, 1.165) is 24.9 Å². The number of anilines is 1. The molecule has 7 atom stereocenters. The third-order valence-electron chi connectivity index (χ3n) is 13.3. The quantitative estimate of drug-likeness (QED) is 0.293. The molecule has 0 spiro atoms. The van der Waals surface area contributed by atoms with Crippen molar-refractivity contribution in [3.05, 3.63) is 42.6 Å². The Balaban J connectivity index is 1.22. The number of halogens is 2. The number of alkyl halides is 2. The number of hydrogen-bond acceptors (Lipinski definition) is 11. The summed E-state index contributed by atoms with van der Waals surface area (Å²) in [5.41, 5.74) is -2.92. The number of fused-ring (bicyclic) bond motifs is 3. The van der Waals surface area contributed by atoms with Gasteiger partial charge in [0.15, 0.2) is 5.60 Å². The number of pyridine rings is 1. The number of ether oxygens (including phenoxy) is 3. The molecule has 334 valence electrons. The van der Waals surface area contributed by atoms with Crippen LogP contribution in [0.2, 0.25) is 0 Å². The van der Waals surface area contributed by atoms with Crippen LogP contribution in [0.1, 0.15) is 86.5 Å². The van der Waals surface area contributed by atoms with Crippen molar-refractivity contribution in [1.29, 1.82) is 0 Å². The monoisotopic (exact) mass is 872 g/mol. The second kappa shape index (κ2) is 16.6. The van der Waals surface area contributed by atoms with Gasteiger partial charge in [-0.3, -0.25) is 19.1 Å².